The largest absolute Gasteiger partial charge is 0.381 e. The van der Waals surface area contributed by atoms with Crippen molar-refractivity contribution in [3.63, 3.8) is 0 Å². The molecule has 1 aliphatic carbocycles. The maximum atomic E-state index is 11.2. The molecule has 2 fully saturated rings. The van der Waals surface area contributed by atoms with Gasteiger partial charge in [-0.1, -0.05) is 0 Å². The number of rotatable bonds is 1. The summed E-state index contributed by atoms with van der Waals surface area (Å²) in [7, 11) is 0. The van der Waals surface area contributed by atoms with Crippen molar-refractivity contribution in [1.82, 2.24) is 0 Å². The molecule has 0 aromatic rings. The number of hydrogen-bond donors (Lipinski definition) is 0. The van der Waals surface area contributed by atoms with Gasteiger partial charge in [-0.05, 0) is 31.1 Å². The quantitative estimate of drug-likeness (QED) is 0.596. The molecule has 0 unspecified atom stereocenters. The molecule has 2 heteroatoms. The van der Waals surface area contributed by atoms with Crippen molar-refractivity contribution in [2.75, 3.05) is 13.2 Å². The number of ether oxygens (including phenoxy) is 1. The zero-order valence-corrected chi connectivity index (χ0v) is 7.42. The first kappa shape index (κ1) is 8.24. The van der Waals surface area contributed by atoms with E-state index in [2.05, 4.69) is 0 Å². The van der Waals surface area contributed by atoms with Crippen LogP contribution in [0.5, 0.6) is 0 Å². The lowest BCUT2D eigenvalue weighted by Crippen LogP contribution is -2.22. The smallest absolute Gasteiger partial charge is 0.133 e. The molecule has 0 radical (unpaired) electrons. The second-order valence-electron chi connectivity index (χ2n) is 4.02. The van der Waals surface area contributed by atoms with Crippen LogP contribution in [0.3, 0.4) is 0 Å². The monoisotopic (exact) mass is 168 g/mol. The molecular weight excluding hydrogens is 152 g/mol. The highest BCUT2D eigenvalue weighted by atomic mass is 16.5. The highest BCUT2D eigenvalue weighted by Crippen LogP contribution is 2.32. The van der Waals surface area contributed by atoms with Crippen molar-refractivity contribution < 1.29 is 9.53 Å². The molecule has 1 saturated heterocycles. The van der Waals surface area contributed by atoms with Gasteiger partial charge in [0.25, 0.3) is 0 Å². The lowest BCUT2D eigenvalue weighted by molar-refractivity contribution is -0.122. The number of carbonyl (C=O) groups excluding carboxylic acids is 1. The van der Waals surface area contributed by atoms with E-state index < -0.39 is 0 Å². The number of hydrogen-bond acceptors (Lipinski definition) is 2. The highest BCUT2D eigenvalue weighted by Gasteiger charge is 2.29. The Hall–Kier alpha value is -0.370. The van der Waals surface area contributed by atoms with E-state index in [1.54, 1.807) is 0 Å². The standard InChI is InChI=1S/C10H16O2/c11-10-3-1-2-8(6-10)9-4-5-12-7-9/h8-9H,1-7H2/t8-,9-/m0/s1. The highest BCUT2D eigenvalue weighted by molar-refractivity contribution is 5.79. The minimum atomic E-state index is 0.471. The van der Waals surface area contributed by atoms with Gasteiger partial charge in [-0.2, -0.15) is 0 Å². The van der Waals surface area contributed by atoms with Crippen LogP contribution in [0.15, 0.2) is 0 Å². The first-order valence-electron chi connectivity index (χ1n) is 4.95. The fraction of sp³-hybridized carbons (Fsp3) is 0.900. The summed E-state index contributed by atoms with van der Waals surface area (Å²) in [5.74, 6) is 1.81. The van der Waals surface area contributed by atoms with Gasteiger partial charge < -0.3 is 4.74 Å². The van der Waals surface area contributed by atoms with E-state index in [0.29, 0.717) is 17.6 Å². The van der Waals surface area contributed by atoms with Crippen LogP contribution >= 0.6 is 0 Å². The van der Waals surface area contributed by atoms with Gasteiger partial charge in [-0.3, -0.25) is 4.79 Å². The third-order valence-corrected chi connectivity index (χ3v) is 3.15. The molecule has 0 aromatic heterocycles. The average Bonchev–Trinajstić information content (AvgIpc) is 2.56. The average molecular weight is 168 g/mol. The molecule has 12 heavy (non-hydrogen) atoms. The van der Waals surface area contributed by atoms with E-state index in [1.807, 2.05) is 0 Å². The molecule has 2 aliphatic rings. The Kier molecular flexibility index (Phi) is 2.45. The minimum Gasteiger partial charge on any atom is -0.381 e. The Balaban J connectivity index is 1.89. The second kappa shape index (κ2) is 3.56. The molecule has 0 N–H and O–H groups in total. The Morgan fingerprint density at radius 2 is 2.17 bits per heavy atom. The molecule has 0 amide bonds. The number of ketones is 1. The first-order chi connectivity index (χ1) is 5.86. The van der Waals surface area contributed by atoms with Gasteiger partial charge in [0.15, 0.2) is 0 Å². The van der Waals surface area contributed by atoms with E-state index >= 15 is 0 Å². The van der Waals surface area contributed by atoms with Crippen molar-refractivity contribution in [1.29, 1.82) is 0 Å². The molecule has 0 bridgehead atoms. The van der Waals surface area contributed by atoms with Crippen molar-refractivity contribution in [2.24, 2.45) is 11.8 Å². The third kappa shape index (κ3) is 1.69. The second-order valence-corrected chi connectivity index (χ2v) is 4.02. The van der Waals surface area contributed by atoms with Crippen molar-refractivity contribution in [3.05, 3.63) is 0 Å². The van der Waals surface area contributed by atoms with E-state index in [0.717, 1.165) is 32.5 Å². The van der Waals surface area contributed by atoms with Crippen LogP contribution in [0.4, 0.5) is 0 Å². The van der Waals surface area contributed by atoms with Gasteiger partial charge in [0.1, 0.15) is 5.78 Å². The Morgan fingerprint density at radius 1 is 1.25 bits per heavy atom. The summed E-state index contributed by atoms with van der Waals surface area (Å²) in [6, 6.07) is 0. The minimum absolute atomic E-state index is 0.471. The summed E-state index contributed by atoms with van der Waals surface area (Å²) in [6.07, 6.45) is 5.19. The van der Waals surface area contributed by atoms with Crippen LogP contribution in [0.1, 0.15) is 32.1 Å². The van der Waals surface area contributed by atoms with E-state index in [4.69, 9.17) is 4.74 Å². The molecule has 2 nitrogen and oxygen atoms in total. The molecule has 1 heterocycles. The van der Waals surface area contributed by atoms with E-state index in [9.17, 15) is 4.79 Å². The van der Waals surface area contributed by atoms with Gasteiger partial charge in [0.05, 0.1) is 0 Å². The van der Waals surface area contributed by atoms with Crippen molar-refractivity contribution in [2.45, 2.75) is 32.1 Å². The molecule has 0 aromatic carbocycles. The van der Waals surface area contributed by atoms with Gasteiger partial charge in [-0.15, -0.1) is 0 Å². The van der Waals surface area contributed by atoms with Crippen LogP contribution in [-0.2, 0) is 9.53 Å². The zero-order chi connectivity index (χ0) is 8.39. The molecule has 0 spiro atoms. The zero-order valence-electron chi connectivity index (χ0n) is 7.42. The normalized spacial score (nSPS) is 37.2. The maximum Gasteiger partial charge on any atom is 0.133 e. The molecular formula is C10H16O2. The predicted molar refractivity (Wildman–Crippen MR) is 45.9 cm³/mol. The summed E-state index contributed by atoms with van der Waals surface area (Å²) < 4.78 is 5.33. The van der Waals surface area contributed by atoms with Crippen molar-refractivity contribution in [3.8, 4) is 0 Å². The van der Waals surface area contributed by atoms with Crippen molar-refractivity contribution >= 4 is 5.78 Å². The summed E-state index contributed by atoms with van der Waals surface area (Å²) >= 11 is 0. The number of Topliss-reactive ketones (excluding diaryl/α,β-unsaturated/α-hetero) is 1. The Morgan fingerprint density at radius 3 is 2.83 bits per heavy atom. The first-order valence-corrected chi connectivity index (χ1v) is 4.95. The lowest BCUT2D eigenvalue weighted by Gasteiger charge is -2.25. The van der Waals surface area contributed by atoms with Crippen LogP contribution in [-0.4, -0.2) is 19.0 Å². The summed E-state index contributed by atoms with van der Waals surface area (Å²) in [6.45, 7) is 1.81. The van der Waals surface area contributed by atoms with Crippen LogP contribution in [0.2, 0.25) is 0 Å². The van der Waals surface area contributed by atoms with Gasteiger partial charge >= 0.3 is 0 Å². The predicted octanol–water partition coefficient (Wildman–Crippen LogP) is 1.78. The Labute approximate surface area is 73.3 Å². The molecule has 2 rings (SSSR count). The number of carbonyl (C=O) groups is 1. The fourth-order valence-electron chi connectivity index (χ4n) is 2.38. The summed E-state index contributed by atoms with van der Waals surface area (Å²) in [4.78, 5) is 11.2. The topological polar surface area (TPSA) is 26.3 Å². The SMILES string of the molecule is O=C1CCC[C@H]([C@H]2CCOC2)C1. The van der Waals surface area contributed by atoms with Crippen LogP contribution in [0, 0.1) is 11.8 Å². The maximum absolute atomic E-state index is 11.2. The molecule has 1 saturated carbocycles. The van der Waals surface area contributed by atoms with E-state index in [-0.39, 0.29) is 0 Å². The molecule has 68 valence electrons. The van der Waals surface area contributed by atoms with Crippen LogP contribution < -0.4 is 0 Å². The Bertz CT molecular complexity index is 171. The van der Waals surface area contributed by atoms with E-state index in [1.165, 1.54) is 12.8 Å². The fourth-order valence-corrected chi connectivity index (χ4v) is 2.38. The lowest BCUT2D eigenvalue weighted by atomic mass is 9.79. The van der Waals surface area contributed by atoms with Gasteiger partial charge in [0, 0.05) is 26.1 Å². The summed E-state index contributed by atoms with van der Waals surface area (Å²) in [5, 5.41) is 0. The summed E-state index contributed by atoms with van der Waals surface area (Å²) in [5.41, 5.74) is 0. The third-order valence-electron chi connectivity index (χ3n) is 3.15. The van der Waals surface area contributed by atoms with Gasteiger partial charge in [-0.25, -0.2) is 0 Å². The molecule has 1 aliphatic heterocycles. The van der Waals surface area contributed by atoms with Crippen LogP contribution in [0.25, 0.3) is 0 Å². The molecule has 2 atom stereocenters. The van der Waals surface area contributed by atoms with Gasteiger partial charge in [0.2, 0.25) is 0 Å².